The smallest absolute Gasteiger partial charge is 0.322 e. The van der Waals surface area contributed by atoms with Crippen molar-refractivity contribution in [2.24, 2.45) is 0 Å². The predicted octanol–water partition coefficient (Wildman–Crippen LogP) is 1.82. The van der Waals surface area contributed by atoms with Gasteiger partial charge in [-0.05, 0) is 45.3 Å². The summed E-state index contributed by atoms with van der Waals surface area (Å²) in [6, 6.07) is 10.5. The SMILES string of the molecule is CN(C)[C@]1(c2ccccc2)CC[C@]2(CC1)CN(c1cnc(C(=O)N3CCNCC3)nc1)C(=O)N2. The van der Waals surface area contributed by atoms with Crippen LogP contribution in [-0.2, 0) is 5.54 Å². The molecule has 0 radical (unpaired) electrons. The average molecular weight is 464 g/mol. The molecular weight excluding hydrogens is 430 g/mol. The Morgan fingerprint density at radius 1 is 1.00 bits per heavy atom. The number of benzene rings is 1. The fourth-order valence-electron chi connectivity index (χ4n) is 5.66. The zero-order valence-corrected chi connectivity index (χ0v) is 20.0. The summed E-state index contributed by atoms with van der Waals surface area (Å²) >= 11 is 0. The predicted molar refractivity (Wildman–Crippen MR) is 130 cm³/mol. The van der Waals surface area contributed by atoms with Gasteiger partial charge in [-0.1, -0.05) is 30.3 Å². The summed E-state index contributed by atoms with van der Waals surface area (Å²) in [7, 11) is 4.29. The number of carbonyl (C=O) groups is 2. The molecule has 0 bridgehead atoms. The van der Waals surface area contributed by atoms with E-state index in [1.165, 1.54) is 5.56 Å². The molecule has 34 heavy (non-hydrogen) atoms. The van der Waals surface area contributed by atoms with Gasteiger partial charge in [-0.15, -0.1) is 0 Å². The molecule has 1 saturated carbocycles. The van der Waals surface area contributed by atoms with E-state index < -0.39 is 0 Å². The van der Waals surface area contributed by atoms with Crippen molar-refractivity contribution in [3.05, 3.63) is 54.1 Å². The van der Waals surface area contributed by atoms with Gasteiger partial charge in [-0.3, -0.25) is 14.6 Å². The molecule has 9 heteroatoms. The second-order valence-electron chi connectivity index (χ2n) is 9.90. The van der Waals surface area contributed by atoms with Crippen molar-refractivity contribution < 1.29 is 9.59 Å². The van der Waals surface area contributed by atoms with E-state index >= 15 is 0 Å². The summed E-state index contributed by atoms with van der Waals surface area (Å²) in [5.74, 6) is 0.0138. The van der Waals surface area contributed by atoms with Gasteiger partial charge in [0.05, 0.1) is 30.2 Å². The van der Waals surface area contributed by atoms with Gasteiger partial charge < -0.3 is 15.5 Å². The van der Waals surface area contributed by atoms with Gasteiger partial charge in [0.25, 0.3) is 5.91 Å². The molecule has 3 amide bonds. The first-order valence-corrected chi connectivity index (χ1v) is 12.1. The molecular formula is C25H33N7O2. The van der Waals surface area contributed by atoms with Crippen LogP contribution in [0, 0.1) is 0 Å². The van der Waals surface area contributed by atoms with E-state index in [4.69, 9.17) is 0 Å². The third-order valence-corrected chi connectivity index (χ3v) is 7.82. The van der Waals surface area contributed by atoms with Gasteiger partial charge in [0.2, 0.25) is 5.82 Å². The van der Waals surface area contributed by atoms with E-state index in [0.29, 0.717) is 25.3 Å². The molecule has 3 heterocycles. The van der Waals surface area contributed by atoms with E-state index in [9.17, 15) is 9.59 Å². The Bertz CT molecular complexity index is 1030. The van der Waals surface area contributed by atoms with Crippen molar-refractivity contribution in [2.45, 2.75) is 36.8 Å². The van der Waals surface area contributed by atoms with Gasteiger partial charge in [-0.2, -0.15) is 0 Å². The van der Waals surface area contributed by atoms with Crippen molar-refractivity contribution in [3.63, 3.8) is 0 Å². The standard InChI is InChI=1S/C25H33N7O2/c1-30(2)25(19-6-4-3-5-7-19)10-8-24(9-11-25)18-32(23(34)29-24)20-16-27-21(28-17-20)22(33)31-14-12-26-13-15-31/h3-7,16-17,26H,8-15,18H2,1-2H3,(H,29,34)/t24-,25+. The van der Waals surface area contributed by atoms with Crippen molar-refractivity contribution in [3.8, 4) is 0 Å². The molecule has 3 fully saturated rings. The highest BCUT2D eigenvalue weighted by Gasteiger charge is 2.50. The van der Waals surface area contributed by atoms with E-state index in [1.54, 1.807) is 22.2 Å². The number of aromatic nitrogens is 2. The van der Waals surface area contributed by atoms with Crippen LogP contribution in [-0.4, -0.2) is 84.1 Å². The molecule has 1 spiro atoms. The molecule has 9 nitrogen and oxygen atoms in total. The minimum atomic E-state index is -0.263. The number of amides is 3. The Morgan fingerprint density at radius 2 is 1.65 bits per heavy atom. The first-order chi connectivity index (χ1) is 16.4. The third-order valence-electron chi connectivity index (χ3n) is 7.82. The largest absolute Gasteiger partial charge is 0.333 e. The van der Waals surface area contributed by atoms with Crippen LogP contribution in [0.2, 0.25) is 0 Å². The van der Waals surface area contributed by atoms with Crippen molar-refractivity contribution in [1.29, 1.82) is 0 Å². The van der Waals surface area contributed by atoms with Gasteiger partial charge in [0, 0.05) is 31.7 Å². The number of nitrogens with zero attached hydrogens (tertiary/aromatic N) is 5. The van der Waals surface area contributed by atoms with E-state index in [2.05, 4.69) is 69.9 Å². The number of carbonyl (C=O) groups excluding carboxylic acids is 2. The van der Waals surface area contributed by atoms with Crippen LogP contribution in [0.25, 0.3) is 0 Å². The summed E-state index contributed by atoms with van der Waals surface area (Å²) in [5, 5.41) is 6.50. The highest BCUT2D eigenvalue weighted by atomic mass is 16.2. The summed E-state index contributed by atoms with van der Waals surface area (Å²) in [5.41, 5.74) is 1.66. The lowest BCUT2D eigenvalue weighted by molar-refractivity contribution is 0.0657. The molecule has 0 unspecified atom stereocenters. The van der Waals surface area contributed by atoms with Crippen LogP contribution in [0.1, 0.15) is 41.9 Å². The Balaban J connectivity index is 1.28. The van der Waals surface area contributed by atoms with Crippen LogP contribution < -0.4 is 15.5 Å². The number of urea groups is 1. The Kier molecular flexibility index (Phi) is 5.99. The van der Waals surface area contributed by atoms with Gasteiger partial charge in [0.15, 0.2) is 0 Å². The monoisotopic (exact) mass is 463 g/mol. The summed E-state index contributed by atoms with van der Waals surface area (Å²) in [4.78, 5) is 40.0. The molecule has 1 aliphatic carbocycles. The normalized spacial score (nSPS) is 27.3. The molecule has 2 N–H and O–H groups in total. The van der Waals surface area contributed by atoms with Crippen LogP contribution in [0.15, 0.2) is 42.7 Å². The number of rotatable bonds is 4. The van der Waals surface area contributed by atoms with E-state index in [1.807, 2.05) is 0 Å². The molecule has 1 aromatic carbocycles. The van der Waals surface area contributed by atoms with Crippen molar-refractivity contribution >= 4 is 17.6 Å². The lowest BCUT2D eigenvalue weighted by Crippen LogP contribution is -2.54. The Hall–Kier alpha value is -3.04. The van der Waals surface area contributed by atoms with Crippen molar-refractivity contribution in [1.82, 2.24) is 30.4 Å². The highest BCUT2D eigenvalue weighted by molar-refractivity contribution is 5.95. The lowest BCUT2D eigenvalue weighted by Gasteiger charge is -2.48. The lowest BCUT2D eigenvalue weighted by atomic mass is 9.69. The number of nitrogens with one attached hydrogen (secondary N) is 2. The zero-order valence-electron chi connectivity index (χ0n) is 20.0. The number of hydrogen-bond acceptors (Lipinski definition) is 6. The number of piperazine rings is 1. The quantitative estimate of drug-likeness (QED) is 0.719. The molecule has 0 atom stereocenters. The molecule has 3 aliphatic rings. The molecule has 5 rings (SSSR count). The third kappa shape index (κ3) is 4.03. The average Bonchev–Trinajstić information content (AvgIpc) is 3.20. The first-order valence-electron chi connectivity index (χ1n) is 12.1. The maximum absolute atomic E-state index is 12.9. The maximum atomic E-state index is 12.9. The van der Waals surface area contributed by atoms with Crippen LogP contribution in [0.4, 0.5) is 10.5 Å². The van der Waals surface area contributed by atoms with Gasteiger partial charge in [0.1, 0.15) is 0 Å². The summed E-state index contributed by atoms with van der Waals surface area (Å²) < 4.78 is 0. The maximum Gasteiger partial charge on any atom is 0.322 e. The molecule has 180 valence electrons. The molecule has 2 aliphatic heterocycles. The molecule has 2 saturated heterocycles. The number of anilines is 1. The van der Waals surface area contributed by atoms with Gasteiger partial charge >= 0.3 is 6.03 Å². The van der Waals surface area contributed by atoms with E-state index in [-0.39, 0.29) is 28.8 Å². The first kappa shape index (κ1) is 22.7. The van der Waals surface area contributed by atoms with Crippen molar-refractivity contribution in [2.75, 3.05) is 51.7 Å². The van der Waals surface area contributed by atoms with Crippen LogP contribution in [0.5, 0.6) is 0 Å². The molecule has 2 aromatic rings. The highest BCUT2D eigenvalue weighted by Crippen LogP contribution is 2.46. The Morgan fingerprint density at radius 3 is 2.26 bits per heavy atom. The summed E-state index contributed by atoms with van der Waals surface area (Å²) in [6.45, 7) is 3.44. The second-order valence-corrected chi connectivity index (χ2v) is 9.90. The molecule has 1 aromatic heterocycles. The fourth-order valence-corrected chi connectivity index (χ4v) is 5.66. The summed E-state index contributed by atoms with van der Waals surface area (Å²) in [6.07, 6.45) is 6.90. The van der Waals surface area contributed by atoms with E-state index in [0.717, 1.165) is 38.8 Å². The topological polar surface area (TPSA) is 93.7 Å². The second kappa shape index (κ2) is 8.96. The minimum absolute atomic E-state index is 0.0280. The van der Waals surface area contributed by atoms with Crippen LogP contribution in [0.3, 0.4) is 0 Å². The fraction of sp³-hybridized carbons (Fsp3) is 0.520. The van der Waals surface area contributed by atoms with Crippen LogP contribution >= 0.6 is 0 Å². The number of hydrogen-bond donors (Lipinski definition) is 2. The minimum Gasteiger partial charge on any atom is -0.333 e. The Labute approximate surface area is 200 Å². The zero-order chi connectivity index (χ0) is 23.8. The van der Waals surface area contributed by atoms with Gasteiger partial charge in [-0.25, -0.2) is 14.8 Å².